The smallest absolute Gasteiger partial charge is 0.346 e. The minimum Gasteiger partial charge on any atom is -0.481 e. The number of thiol groups is 1. The van der Waals surface area contributed by atoms with Gasteiger partial charge in [0.05, 0.1) is 35.5 Å². The standard InChI is InChI=1S/C28H28N4O8.C24H25N3O6.C14H4O6.C6H13NO2.C4H12N2.C2H2.CH5IN2S.CH4O.2CH4/c1-29(2)14-15-31-27(38)18-9-7-16-23-17(8-10-19(24(18)23)28(31)39)26(37)30(25(16)36)13-5-3-4-6-22(35)40-32-20(33)11-12-21(32)34;1-25(2)12-13-27-23(32)16-9-7-14-19-15(8-10-17(20(16)19)24(27)33)22(31)26(21(14)30)11-5-3-4-6-18(28)29;15-11-5-1-2-6-10-8(14(18)20-12(6)16)4-3-7(9(5)10)13(17)19-11;7-4-2-1-3-5-9-6-8;1-6(2)4-3-5;1-2;2-3-1-4-5;1-2;;/h7-10H,3-6,11-15H2,1-2H3;7-10H,3-6,11-13H2,1-2H3,(H,28,29);1-4H;6H,1-5,7H2;3-5H2,1-2H3;1-2H;3-5H,1H2;2H,1H3;2*1H4/i;;;;;1D;;;;/hD. The Kier molecular flexibility index (Phi) is 39.0. The van der Waals surface area contributed by atoms with Crippen molar-refractivity contribution in [2.45, 2.75) is 98.3 Å². The average molecular weight is 1780 g/mol. The van der Waals surface area contributed by atoms with E-state index in [1.165, 1.54) is 68.3 Å². The lowest BCUT2D eigenvalue weighted by Crippen LogP contribution is -2.45. The van der Waals surface area contributed by atoms with Crippen molar-refractivity contribution < 1.29 is 114 Å². The first-order chi connectivity index (χ1) is 56.8. The van der Waals surface area contributed by atoms with Crippen LogP contribution in [0.2, 0.25) is 1.41 Å². The zero-order chi connectivity index (χ0) is 88.2. The number of amides is 10. The number of halogens is 1. The van der Waals surface area contributed by atoms with Crippen LogP contribution < -0.4 is 19.7 Å². The van der Waals surface area contributed by atoms with Crippen LogP contribution in [0.3, 0.4) is 0 Å². The molecule has 0 radical (unpaired) electrons. The fourth-order valence-electron chi connectivity index (χ4n) is 13.0. The second kappa shape index (κ2) is 48.0. The van der Waals surface area contributed by atoms with Gasteiger partial charge in [0.1, 0.15) is 2.78 Å². The van der Waals surface area contributed by atoms with Crippen LogP contribution in [-0.4, -0.2) is 273 Å². The molecular formula is C82H101IN12O23S. The van der Waals surface area contributed by atoms with Crippen LogP contribution in [0.4, 0.5) is 0 Å². The highest BCUT2D eigenvalue weighted by Crippen LogP contribution is 2.41. The minimum absolute atomic E-state index is 0. The van der Waals surface area contributed by atoms with E-state index in [1.54, 1.807) is 24.3 Å². The van der Waals surface area contributed by atoms with Gasteiger partial charge in [0.25, 0.3) is 65.5 Å². The SMILES string of the molecule is C.C.CN(C)CCN.CN(C)CCN1C(=O)c2ccc3c4c(ccc(c24)C1=O)C(=O)N(CCCCCC(=O)O)C3=O.CN(C)CCN1C(=O)c2ccc3c4c(ccc(c24)C1=O)C(=O)N(CCCCCC(=O)ON1C(=O)CCC1=O)C3=O.CO.NCCCCCOC=O.O=C1OC(=O)c2ccc3c4c(ccc1c24)C(=O)OC3=O.[2H]C#C.[2H]N(I)CNS. The molecule has 0 unspecified atom stereocenters. The first-order valence-electron chi connectivity index (χ1n) is 37.8. The van der Waals surface area contributed by atoms with E-state index in [0.717, 1.165) is 55.8 Å². The van der Waals surface area contributed by atoms with Crippen molar-refractivity contribution in [3.05, 3.63) is 140 Å². The maximum absolute atomic E-state index is 13.4. The highest BCUT2D eigenvalue weighted by Gasteiger charge is 2.43. The number of ether oxygens (including phenoxy) is 3. The van der Waals surface area contributed by atoms with E-state index in [0.29, 0.717) is 109 Å². The third-order valence-corrected chi connectivity index (χ3v) is 19.0. The number of likely N-dealkylation sites (N-methyl/N-ethyl adjacent to an activating group) is 3. The number of terminal acetylenes is 1. The lowest BCUT2D eigenvalue weighted by molar-refractivity contribution is -0.197. The molecule has 0 atom stereocenters. The van der Waals surface area contributed by atoms with Gasteiger partial charge < -0.3 is 55.4 Å². The Hall–Kier alpha value is -11.2. The molecule has 8 N–H and O–H groups in total. The molecule has 0 aliphatic carbocycles. The highest BCUT2D eigenvalue weighted by molar-refractivity contribution is 14.1. The summed E-state index contributed by atoms with van der Waals surface area (Å²) in [7, 11) is 12.4. The Morgan fingerprint density at radius 1 is 0.487 bits per heavy atom. The van der Waals surface area contributed by atoms with Gasteiger partial charge in [-0.2, -0.15) is 0 Å². The molecule has 0 saturated carbocycles. The van der Waals surface area contributed by atoms with Crippen molar-refractivity contribution in [1.82, 2.24) is 47.6 Å². The quantitative estimate of drug-likeness (QED) is 0.00219. The molecule has 13 rings (SSSR count). The number of carboxylic acids is 1. The summed E-state index contributed by atoms with van der Waals surface area (Å²) >= 11 is 5.47. The van der Waals surface area contributed by atoms with Crippen molar-refractivity contribution in [2.75, 3.05) is 122 Å². The number of cyclic esters (lactones) is 4. The van der Waals surface area contributed by atoms with E-state index in [-0.39, 0.29) is 133 Å². The van der Waals surface area contributed by atoms with Crippen LogP contribution in [0.25, 0.3) is 32.3 Å². The highest BCUT2D eigenvalue weighted by atomic mass is 127. The topological polar surface area (TPSA) is 470 Å². The number of hydrogen-bond acceptors (Lipinski definition) is 30. The van der Waals surface area contributed by atoms with Gasteiger partial charge in [0.15, 0.2) is 0 Å². The molecule has 7 aliphatic rings. The second-order valence-corrected chi connectivity index (χ2v) is 28.1. The number of unbranched alkanes of at least 4 members (excludes halogenated alkanes) is 6. The molecule has 0 bridgehead atoms. The number of hydroxylamine groups is 2. The number of nitrogens with zero attached hydrogens (tertiary/aromatic N) is 8. The van der Waals surface area contributed by atoms with Gasteiger partial charge in [-0.25, -0.2) is 27.5 Å². The zero-order valence-corrected chi connectivity index (χ0v) is 68.6. The Bertz CT molecular complexity index is 4670. The van der Waals surface area contributed by atoms with Gasteiger partial charge in [-0.1, -0.05) is 40.5 Å². The summed E-state index contributed by atoms with van der Waals surface area (Å²) in [5, 5.41) is 18.2. The molecule has 1 saturated heterocycles. The van der Waals surface area contributed by atoms with Gasteiger partial charge in [-0.05, 0) is 167 Å². The number of imide groups is 5. The van der Waals surface area contributed by atoms with E-state index in [4.69, 9.17) is 29.3 Å². The third kappa shape index (κ3) is 24.1. The van der Waals surface area contributed by atoms with Crippen molar-refractivity contribution in [3.8, 4) is 12.8 Å². The summed E-state index contributed by atoms with van der Waals surface area (Å²) in [4.78, 5) is 223. The van der Waals surface area contributed by atoms with Crippen molar-refractivity contribution >= 4 is 169 Å². The number of aliphatic carboxylic acids is 1. The van der Waals surface area contributed by atoms with Crippen LogP contribution in [0.5, 0.6) is 0 Å². The number of carboxylic acid groups (broad SMARTS) is 1. The molecule has 0 spiro atoms. The van der Waals surface area contributed by atoms with E-state index in [9.17, 15) is 81.5 Å². The van der Waals surface area contributed by atoms with Crippen molar-refractivity contribution in [3.63, 3.8) is 0 Å². The summed E-state index contributed by atoms with van der Waals surface area (Å²) in [6.45, 7) is 5.70. The van der Waals surface area contributed by atoms with Crippen LogP contribution in [0, 0.1) is 12.8 Å². The van der Waals surface area contributed by atoms with Crippen molar-refractivity contribution in [2.24, 2.45) is 11.5 Å². The predicted molar refractivity (Wildman–Crippen MR) is 450 cm³/mol. The Morgan fingerprint density at radius 2 is 0.773 bits per heavy atom. The van der Waals surface area contributed by atoms with Gasteiger partial charge >= 0.3 is 35.8 Å². The largest absolute Gasteiger partial charge is 0.481 e. The molecule has 6 aromatic carbocycles. The minimum atomic E-state index is -0.877. The summed E-state index contributed by atoms with van der Waals surface area (Å²) in [5.41, 5.74) is 13.3. The van der Waals surface area contributed by atoms with E-state index in [1.807, 2.05) is 75.0 Å². The Balaban J connectivity index is 0.000000338. The van der Waals surface area contributed by atoms with E-state index >= 15 is 0 Å². The number of hydrogen-bond donors (Lipinski definition) is 7. The number of carbonyl (C=O) groups excluding carboxylic acids is 16. The molecule has 1 fully saturated rings. The van der Waals surface area contributed by atoms with E-state index in [2.05, 4.69) is 43.1 Å². The summed E-state index contributed by atoms with van der Waals surface area (Å²) in [6, 6.07) is 17.9. The summed E-state index contributed by atoms with van der Waals surface area (Å²) in [5.74, 6) is -9.58. The Labute approximate surface area is 710 Å². The maximum Gasteiger partial charge on any atom is 0.346 e. The number of esters is 4. The Morgan fingerprint density at radius 3 is 1.03 bits per heavy atom. The normalized spacial score (nSPS) is 14.4. The number of aliphatic hydroxyl groups is 1. The fourth-order valence-corrected chi connectivity index (χ4v) is 13.5. The molecule has 6 aromatic rings. The zero-order valence-electron chi connectivity index (χ0n) is 67.5. The van der Waals surface area contributed by atoms with E-state index < -0.39 is 94.9 Å². The lowest BCUT2D eigenvalue weighted by atomic mass is 9.86. The fraction of sp³-hybridized carbons (Fsp3) is 0.402. The van der Waals surface area contributed by atoms with Gasteiger partial charge in [0.2, 0.25) is 0 Å². The average Bonchev–Trinajstić information content (AvgIpc) is 0.743. The number of aliphatic hydroxyl groups excluding tert-OH is 1. The number of nitrogens with one attached hydrogen (secondary N) is 2. The number of benzene rings is 6. The molecule has 119 heavy (non-hydrogen) atoms. The predicted octanol–water partition coefficient (Wildman–Crippen LogP) is 6.70. The van der Waals surface area contributed by atoms with Gasteiger partial charge in [0, 0.05) is 185 Å². The van der Waals surface area contributed by atoms with Gasteiger partial charge in [-0.15, -0.1) is 17.9 Å². The molecule has 37 heteroatoms. The number of nitrogens with two attached hydrogens (primary N) is 2. The number of carbonyl (C=O) groups is 17. The third-order valence-electron chi connectivity index (χ3n) is 18.6. The maximum atomic E-state index is 13.4. The first kappa shape index (κ1) is 96.6. The van der Waals surface area contributed by atoms with Crippen LogP contribution >= 0.6 is 35.7 Å². The van der Waals surface area contributed by atoms with Crippen molar-refractivity contribution in [1.29, 1.82) is 0 Å². The monoisotopic (exact) mass is 1780 g/mol. The van der Waals surface area contributed by atoms with Crippen LogP contribution in [0.1, 0.15) is 224 Å². The summed E-state index contributed by atoms with van der Waals surface area (Å²) < 4.78 is 29.8. The van der Waals surface area contributed by atoms with Gasteiger partial charge in [-0.3, -0.25) is 81.9 Å². The molecule has 640 valence electrons. The first-order valence-corrected chi connectivity index (χ1v) is 38.2. The molecular weight excluding hydrogens is 1680 g/mol. The molecule has 7 aliphatic heterocycles. The summed E-state index contributed by atoms with van der Waals surface area (Å²) in [6.07, 6.45) is 11.6. The molecule has 10 amide bonds. The molecule has 7 heterocycles. The molecule has 35 nitrogen and oxygen atoms in total. The number of rotatable bonds is 29. The van der Waals surface area contributed by atoms with Crippen LogP contribution in [-0.2, 0) is 43.0 Å². The van der Waals surface area contributed by atoms with Crippen LogP contribution in [0.15, 0.2) is 72.8 Å². The second-order valence-electron chi connectivity index (χ2n) is 27.1. The molecule has 0 aromatic heterocycles. The lowest BCUT2D eigenvalue weighted by Gasteiger charge is -2.32.